The zero-order valence-electron chi connectivity index (χ0n) is 13.0. The van der Waals surface area contributed by atoms with Crippen LogP contribution in [0, 0.1) is 0 Å². The lowest BCUT2D eigenvalue weighted by molar-refractivity contribution is 0.0566. The fourth-order valence-electron chi connectivity index (χ4n) is 2.70. The van der Waals surface area contributed by atoms with Crippen LogP contribution in [0.2, 0.25) is 0 Å². The highest BCUT2D eigenvalue weighted by Gasteiger charge is 2.36. The van der Waals surface area contributed by atoms with E-state index in [1.807, 2.05) is 29.6 Å². The Labute approximate surface area is 142 Å². The molecule has 1 aliphatic rings. The molecule has 1 amide bonds. The molecule has 3 aromatic rings. The summed E-state index contributed by atoms with van der Waals surface area (Å²) in [6.07, 6.45) is 0. The van der Waals surface area contributed by atoms with Gasteiger partial charge in [-0.1, -0.05) is 23.4 Å². The molecular formula is C17H15N3O3S. The second kappa shape index (κ2) is 6.09. The Balaban J connectivity index is 1.44. The second-order valence-corrected chi connectivity index (χ2v) is 6.49. The largest absolute Gasteiger partial charge is 0.496 e. The molecule has 122 valence electrons. The Morgan fingerprint density at radius 2 is 2.12 bits per heavy atom. The van der Waals surface area contributed by atoms with Crippen LogP contribution in [0.5, 0.6) is 5.75 Å². The summed E-state index contributed by atoms with van der Waals surface area (Å²) in [7, 11) is 1.57. The van der Waals surface area contributed by atoms with Crippen LogP contribution in [0.1, 0.15) is 22.2 Å². The van der Waals surface area contributed by atoms with Gasteiger partial charge < -0.3 is 14.2 Å². The van der Waals surface area contributed by atoms with Gasteiger partial charge in [-0.25, -0.2) is 0 Å². The van der Waals surface area contributed by atoms with Crippen molar-refractivity contribution in [2.75, 3.05) is 20.2 Å². The van der Waals surface area contributed by atoms with Crippen molar-refractivity contribution in [1.82, 2.24) is 15.0 Å². The highest BCUT2D eigenvalue weighted by atomic mass is 32.1. The van der Waals surface area contributed by atoms with Crippen molar-refractivity contribution in [3.8, 4) is 16.5 Å². The molecular weight excluding hydrogens is 326 g/mol. The van der Waals surface area contributed by atoms with Crippen molar-refractivity contribution in [2.24, 2.45) is 0 Å². The number of methoxy groups -OCH3 is 1. The summed E-state index contributed by atoms with van der Waals surface area (Å²) in [5.74, 6) is 1.83. The predicted octanol–water partition coefficient (Wildman–Crippen LogP) is 3.05. The van der Waals surface area contributed by atoms with E-state index in [1.54, 1.807) is 35.5 Å². The fraction of sp³-hybridized carbons (Fsp3) is 0.235. The number of hydrogen-bond acceptors (Lipinski definition) is 6. The van der Waals surface area contributed by atoms with Gasteiger partial charge in [0.25, 0.3) is 5.91 Å². The third-order valence-electron chi connectivity index (χ3n) is 4.04. The zero-order chi connectivity index (χ0) is 16.5. The quantitative estimate of drug-likeness (QED) is 0.729. The highest BCUT2D eigenvalue weighted by Crippen LogP contribution is 2.31. The lowest BCUT2D eigenvalue weighted by Gasteiger charge is -2.37. The summed E-state index contributed by atoms with van der Waals surface area (Å²) in [6, 6.07) is 11.1. The van der Waals surface area contributed by atoms with Gasteiger partial charge in [0.15, 0.2) is 0 Å². The molecule has 1 fully saturated rings. The van der Waals surface area contributed by atoms with Crippen LogP contribution in [-0.2, 0) is 0 Å². The van der Waals surface area contributed by atoms with Crippen molar-refractivity contribution >= 4 is 17.2 Å². The van der Waals surface area contributed by atoms with Gasteiger partial charge in [-0.2, -0.15) is 4.98 Å². The number of nitrogens with zero attached hydrogens (tertiary/aromatic N) is 3. The van der Waals surface area contributed by atoms with E-state index in [4.69, 9.17) is 9.26 Å². The molecule has 6 nitrogen and oxygen atoms in total. The van der Waals surface area contributed by atoms with Crippen molar-refractivity contribution in [3.63, 3.8) is 0 Å². The molecule has 3 heterocycles. The lowest BCUT2D eigenvalue weighted by Crippen LogP contribution is -2.48. The van der Waals surface area contributed by atoms with E-state index in [0.29, 0.717) is 36.1 Å². The maximum atomic E-state index is 12.6. The maximum Gasteiger partial charge on any atom is 0.257 e. The molecule has 0 aliphatic carbocycles. The molecule has 1 aromatic carbocycles. The number of benzene rings is 1. The van der Waals surface area contributed by atoms with Crippen LogP contribution in [-0.4, -0.2) is 41.1 Å². The SMILES string of the molecule is COc1ccccc1C(=O)N1CC(c2nc(-c3cccs3)no2)C1. The van der Waals surface area contributed by atoms with Crippen LogP contribution >= 0.6 is 11.3 Å². The molecule has 1 saturated heterocycles. The minimum absolute atomic E-state index is 0.0401. The first-order chi connectivity index (χ1) is 11.8. The minimum Gasteiger partial charge on any atom is -0.496 e. The van der Waals surface area contributed by atoms with Crippen molar-refractivity contribution < 1.29 is 14.1 Å². The van der Waals surface area contributed by atoms with Gasteiger partial charge in [-0.05, 0) is 23.6 Å². The molecule has 0 bridgehead atoms. The first kappa shape index (κ1) is 14.9. The number of hydrogen-bond donors (Lipinski definition) is 0. The van der Waals surface area contributed by atoms with E-state index < -0.39 is 0 Å². The summed E-state index contributed by atoms with van der Waals surface area (Å²) in [5, 5.41) is 5.99. The van der Waals surface area contributed by atoms with Crippen LogP contribution in [0.15, 0.2) is 46.3 Å². The molecule has 24 heavy (non-hydrogen) atoms. The van der Waals surface area contributed by atoms with E-state index >= 15 is 0 Å². The van der Waals surface area contributed by atoms with E-state index in [0.717, 1.165) is 4.88 Å². The molecule has 2 aromatic heterocycles. The number of thiophene rings is 1. The molecule has 0 N–H and O–H groups in total. The van der Waals surface area contributed by atoms with E-state index in [1.165, 1.54) is 0 Å². The Kier molecular flexibility index (Phi) is 3.78. The topological polar surface area (TPSA) is 68.5 Å². The van der Waals surface area contributed by atoms with E-state index in [2.05, 4.69) is 10.1 Å². The first-order valence-corrected chi connectivity index (χ1v) is 8.44. The Morgan fingerprint density at radius 1 is 1.29 bits per heavy atom. The lowest BCUT2D eigenvalue weighted by atomic mass is 9.98. The smallest absolute Gasteiger partial charge is 0.257 e. The normalized spacial score (nSPS) is 14.5. The first-order valence-electron chi connectivity index (χ1n) is 7.56. The van der Waals surface area contributed by atoms with Gasteiger partial charge in [-0.3, -0.25) is 4.79 Å². The van der Waals surface area contributed by atoms with E-state index in [-0.39, 0.29) is 11.8 Å². The average Bonchev–Trinajstić information content (AvgIpc) is 3.24. The number of para-hydroxylation sites is 1. The van der Waals surface area contributed by atoms with Crippen LogP contribution in [0.3, 0.4) is 0 Å². The summed E-state index contributed by atoms with van der Waals surface area (Å²) in [4.78, 5) is 19.7. The number of carbonyl (C=O) groups is 1. The number of carbonyl (C=O) groups excluding carboxylic acids is 1. The van der Waals surface area contributed by atoms with Crippen molar-refractivity contribution in [2.45, 2.75) is 5.92 Å². The maximum absolute atomic E-state index is 12.6. The van der Waals surface area contributed by atoms with Crippen molar-refractivity contribution in [3.05, 3.63) is 53.2 Å². The molecule has 0 unspecified atom stereocenters. The average molecular weight is 341 g/mol. The second-order valence-electron chi connectivity index (χ2n) is 5.54. The van der Waals surface area contributed by atoms with Gasteiger partial charge in [0.2, 0.25) is 11.7 Å². The standard InChI is InChI=1S/C17H15N3O3S/c1-22-13-6-3-2-5-12(13)17(21)20-9-11(10-20)16-18-15(19-23-16)14-7-4-8-24-14/h2-8,11H,9-10H2,1H3. The number of amides is 1. The number of rotatable bonds is 4. The van der Waals surface area contributed by atoms with Crippen LogP contribution in [0.25, 0.3) is 10.7 Å². The number of aromatic nitrogens is 2. The Hall–Kier alpha value is -2.67. The summed E-state index contributed by atoms with van der Waals surface area (Å²) in [5.41, 5.74) is 0.572. The fourth-order valence-corrected chi connectivity index (χ4v) is 3.35. The van der Waals surface area contributed by atoms with Gasteiger partial charge >= 0.3 is 0 Å². The van der Waals surface area contributed by atoms with E-state index in [9.17, 15) is 4.79 Å². The summed E-state index contributed by atoms with van der Waals surface area (Å²) < 4.78 is 10.6. The summed E-state index contributed by atoms with van der Waals surface area (Å²) >= 11 is 1.57. The monoisotopic (exact) mass is 341 g/mol. The van der Waals surface area contributed by atoms with Gasteiger partial charge in [-0.15, -0.1) is 11.3 Å². The molecule has 0 radical (unpaired) electrons. The summed E-state index contributed by atoms with van der Waals surface area (Å²) in [6.45, 7) is 1.14. The molecule has 7 heteroatoms. The zero-order valence-corrected chi connectivity index (χ0v) is 13.8. The molecule has 0 spiro atoms. The number of ether oxygens (including phenoxy) is 1. The predicted molar refractivity (Wildman–Crippen MR) is 89.2 cm³/mol. The van der Waals surface area contributed by atoms with Gasteiger partial charge in [0.05, 0.1) is 23.5 Å². The third-order valence-corrected chi connectivity index (χ3v) is 4.90. The Bertz CT molecular complexity index is 854. The van der Waals surface area contributed by atoms with Crippen molar-refractivity contribution in [1.29, 1.82) is 0 Å². The molecule has 1 aliphatic heterocycles. The number of likely N-dealkylation sites (tertiary alicyclic amines) is 1. The molecule has 0 atom stereocenters. The highest BCUT2D eigenvalue weighted by molar-refractivity contribution is 7.13. The van der Waals surface area contributed by atoms with Crippen LogP contribution < -0.4 is 4.74 Å². The Morgan fingerprint density at radius 3 is 2.88 bits per heavy atom. The molecule has 4 rings (SSSR count). The minimum atomic E-state index is -0.0401. The third kappa shape index (κ3) is 2.56. The van der Waals surface area contributed by atoms with Crippen LogP contribution in [0.4, 0.5) is 0 Å². The molecule has 0 saturated carbocycles. The van der Waals surface area contributed by atoms with Gasteiger partial charge in [0.1, 0.15) is 5.75 Å². The van der Waals surface area contributed by atoms with Gasteiger partial charge in [0, 0.05) is 13.1 Å².